The normalized spacial score (nSPS) is 25.4. The largest absolute Gasteiger partial charge is 0.507 e. The Morgan fingerprint density at radius 3 is 1.30 bits per heavy atom. The van der Waals surface area contributed by atoms with Gasteiger partial charge in [-0.15, -0.1) is 0 Å². The first-order valence-electron chi connectivity index (χ1n) is 34.3. The summed E-state index contributed by atoms with van der Waals surface area (Å²) < 4.78 is 15.5. The summed E-state index contributed by atoms with van der Waals surface area (Å²) in [6.07, 6.45) is 17.2. The van der Waals surface area contributed by atoms with Gasteiger partial charge in [0.2, 0.25) is 0 Å². The number of benzene rings is 8. The molecule has 1 aliphatic heterocycles. The van der Waals surface area contributed by atoms with Crippen LogP contribution in [0.1, 0.15) is 133 Å². The number of para-hydroxylation sites is 4. The molecule has 8 aromatic carbocycles. The number of hydrogen-bond acceptors (Lipinski definition) is 8. The van der Waals surface area contributed by atoms with Crippen LogP contribution in [-0.2, 0) is 50.1 Å². The van der Waals surface area contributed by atoms with Crippen molar-refractivity contribution in [2.45, 2.75) is 142 Å². The SMILES string of the molecule is Cc1cc2cc(c1O)CN(c1ccccc1)Cc1cc(cc(CN(C)c3ccccc3)c1OC1CCC3C4C=CC(C4)C13)C(C)(C)c1cc(CN(C)c3ccccc3)c(O)c(c1)CN(c1ccccc1)Cc1cc(cc(C)c1OC1CCC3C4C=CC(C4)C13)C2(C)C. The molecule has 0 aromatic heterocycles. The fourth-order valence-corrected chi connectivity index (χ4v) is 18.2. The zero-order valence-electron chi connectivity index (χ0n) is 55.2. The second-order valence-electron chi connectivity index (χ2n) is 29.7. The van der Waals surface area contributed by atoms with Crippen molar-refractivity contribution in [3.05, 3.63) is 261 Å². The molecule has 0 radical (unpaired) electrons. The minimum absolute atomic E-state index is 0.0868. The van der Waals surface area contributed by atoms with Crippen LogP contribution in [-0.4, -0.2) is 36.5 Å². The maximum absolute atomic E-state index is 13.2. The van der Waals surface area contributed by atoms with E-state index in [9.17, 15) is 10.2 Å². The molecule has 4 fully saturated rings. The number of ether oxygens (including phenoxy) is 2. The quantitative estimate of drug-likeness (QED) is 0.117. The molecule has 0 spiro atoms. The summed E-state index contributed by atoms with van der Waals surface area (Å²) >= 11 is 0. The van der Waals surface area contributed by atoms with E-state index >= 15 is 0 Å². The predicted molar refractivity (Wildman–Crippen MR) is 375 cm³/mol. The first-order chi connectivity index (χ1) is 44.5. The van der Waals surface area contributed by atoms with Gasteiger partial charge in [0, 0.05) is 132 Å². The first kappa shape index (κ1) is 59.9. The van der Waals surface area contributed by atoms with E-state index in [0.29, 0.717) is 98.1 Å². The van der Waals surface area contributed by atoms with Crippen LogP contribution in [0, 0.1) is 61.2 Å². The third kappa shape index (κ3) is 11.0. The van der Waals surface area contributed by atoms with Crippen molar-refractivity contribution in [3.8, 4) is 23.0 Å². The van der Waals surface area contributed by atoms with Crippen LogP contribution in [0.4, 0.5) is 22.7 Å². The Morgan fingerprint density at radius 2 is 0.804 bits per heavy atom. The van der Waals surface area contributed by atoms with Crippen molar-refractivity contribution in [2.24, 2.45) is 47.3 Å². The molecule has 7 aliphatic rings. The molecule has 2 N–H and O–H groups in total. The van der Waals surface area contributed by atoms with Gasteiger partial charge in [-0.25, -0.2) is 0 Å². The molecule has 10 atom stereocenters. The van der Waals surface area contributed by atoms with Crippen LogP contribution in [0.2, 0.25) is 0 Å². The molecule has 1 heterocycles. The molecule has 12 bridgehead atoms. The zero-order valence-corrected chi connectivity index (χ0v) is 55.2. The van der Waals surface area contributed by atoms with E-state index < -0.39 is 10.8 Å². The first-order valence-corrected chi connectivity index (χ1v) is 34.3. The smallest absolute Gasteiger partial charge is 0.129 e. The summed E-state index contributed by atoms with van der Waals surface area (Å²) in [7, 11) is 4.34. The number of fused-ring (bicyclic) bond motifs is 18. The minimum atomic E-state index is -0.602. The van der Waals surface area contributed by atoms with Gasteiger partial charge in [-0.2, -0.15) is 0 Å². The lowest BCUT2D eigenvalue weighted by molar-refractivity contribution is 0.129. The third-order valence-corrected chi connectivity index (χ3v) is 23.4. The van der Waals surface area contributed by atoms with E-state index in [4.69, 9.17) is 9.47 Å². The minimum Gasteiger partial charge on any atom is -0.507 e. The lowest BCUT2D eigenvalue weighted by Gasteiger charge is -2.35. The molecule has 8 heteroatoms. The Kier molecular flexibility index (Phi) is 15.6. The predicted octanol–water partition coefficient (Wildman–Crippen LogP) is 18.3. The van der Waals surface area contributed by atoms with Crippen molar-refractivity contribution < 1.29 is 19.7 Å². The van der Waals surface area contributed by atoms with Crippen LogP contribution in [0.15, 0.2) is 194 Å². The molecular formula is C84H92N4O4. The maximum atomic E-state index is 13.2. The number of aryl methyl sites for hydroxylation is 2. The molecule has 8 aromatic rings. The lowest BCUT2D eigenvalue weighted by Crippen LogP contribution is -2.31. The number of nitrogens with zero attached hydrogens (tertiary/aromatic N) is 4. The van der Waals surface area contributed by atoms with Crippen molar-refractivity contribution in [1.29, 1.82) is 0 Å². The number of allylic oxidation sites excluding steroid dienone is 4. The van der Waals surface area contributed by atoms with Crippen molar-refractivity contribution in [3.63, 3.8) is 0 Å². The third-order valence-electron chi connectivity index (χ3n) is 23.4. The van der Waals surface area contributed by atoms with Gasteiger partial charge >= 0.3 is 0 Å². The highest BCUT2D eigenvalue weighted by molar-refractivity contribution is 5.61. The molecule has 8 nitrogen and oxygen atoms in total. The number of rotatable bonds is 12. The summed E-state index contributed by atoms with van der Waals surface area (Å²) in [4.78, 5) is 9.55. The van der Waals surface area contributed by atoms with E-state index in [1.165, 1.54) is 36.8 Å². The molecule has 0 amide bonds. The van der Waals surface area contributed by atoms with Gasteiger partial charge in [-0.05, 0) is 206 Å². The number of phenols is 2. The van der Waals surface area contributed by atoms with Gasteiger partial charge in [0.1, 0.15) is 35.2 Å². The number of aromatic hydroxyl groups is 2. The van der Waals surface area contributed by atoms with Crippen LogP contribution in [0.25, 0.3) is 0 Å². The second-order valence-corrected chi connectivity index (χ2v) is 29.7. The Hall–Kier alpha value is -8.36. The van der Waals surface area contributed by atoms with Gasteiger partial charge in [-0.3, -0.25) is 0 Å². The Morgan fingerprint density at radius 1 is 0.424 bits per heavy atom. The van der Waals surface area contributed by atoms with Gasteiger partial charge in [-0.1, -0.05) is 137 Å². The monoisotopic (exact) mass is 1220 g/mol. The van der Waals surface area contributed by atoms with Gasteiger partial charge in [0.25, 0.3) is 0 Å². The molecule has 92 heavy (non-hydrogen) atoms. The summed E-state index contributed by atoms with van der Waals surface area (Å²) in [5.41, 5.74) is 15.9. The summed E-state index contributed by atoms with van der Waals surface area (Å²) in [5, 5.41) is 25.8. The lowest BCUT2D eigenvalue weighted by atomic mass is 9.75. The molecular weight excluding hydrogens is 1130 g/mol. The topological polar surface area (TPSA) is 71.9 Å². The Bertz CT molecular complexity index is 4050. The van der Waals surface area contributed by atoms with Crippen LogP contribution in [0.3, 0.4) is 0 Å². The van der Waals surface area contributed by atoms with Gasteiger partial charge in [0.05, 0.1) is 0 Å². The Labute approximate surface area is 546 Å². The number of phenolic OH excluding ortho intramolecular Hbond substituents is 2. The van der Waals surface area contributed by atoms with E-state index in [0.717, 1.165) is 103 Å². The molecule has 6 aliphatic carbocycles. The second kappa shape index (κ2) is 24.0. The average Bonchev–Trinajstić information content (AvgIpc) is 1.21. The van der Waals surface area contributed by atoms with Gasteiger partial charge < -0.3 is 39.3 Å². The van der Waals surface area contributed by atoms with Crippen LogP contribution < -0.4 is 29.1 Å². The van der Waals surface area contributed by atoms with Crippen molar-refractivity contribution in [2.75, 3.05) is 33.7 Å². The number of anilines is 4. The molecule has 4 saturated carbocycles. The highest BCUT2D eigenvalue weighted by Crippen LogP contribution is 2.58. The van der Waals surface area contributed by atoms with Gasteiger partial charge in [0.15, 0.2) is 0 Å². The highest BCUT2D eigenvalue weighted by Gasteiger charge is 2.54. The fourth-order valence-electron chi connectivity index (χ4n) is 18.2. The average molecular weight is 1220 g/mol. The summed E-state index contributed by atoms with van der Waals surface area (Å²) in [5.74, 6) is 7.36. The van der Waals surface area contributed by atoms with E-state index in [1.54, 1.807) is 0 Å². The van der Waals surface area contributed by atoms with Crippen LogP contribution >= 0.6 is 0 Å². The fraction of sp³-hybridized carbons (Fsp3) is 0.381. The number of hydrogen-bond donors (Lipinski definition) is 2. The van der Waals surface area contributed by atoms with Crippen molar-refractivity contribution >= 4 is 22.7 Å². The highest BCUT2D eigenvalue weighted by atomic mass is 16.5. The summed E-state index contributed by atoms with van der Waals surface area (Å²) in [6.45, 7) is 16.9. The zero-order chi connectivity index (χ0) is 63.2. The molecule has 15 rings (SSSR count). The van der Waals surface area contributed by atoms with Crippen molar-refractivity contribution in [1.82, 2.24) is 0 Å². The van der Waals surface area contributed by atoms with E-state index in [2.05, 4.69) is 269 Å². The maximum Gasteiger partial charge on any atom is 0.129 e. The molecule has 10 unspecified atom stereocenters. The summed E-state index contributed by atoms with van der Waals surface area (Å²) in [6, 6.07) is 61.7. The van der Waals surface area contributed by atoms with Crippen LogP contribution in [0.5, 0.6) is 23.0 Å². The van der Waals surface area contributed by atoms with E-state index in [-0.39, 0.29) is 12.2 Å². The standard InChI is InChI=1S/C84H92N4O4/c1-53-37-65-42-60(79(53)89)49-87(71-25-17-11-18-26-71)52-64-46-68(44-62(48-86(8)70-23-15-10-16-24-70)82(64)92-76-36-34-74-56-30-32-58(40-56)78(74)76)84(5,6)67-41-59(47-85(7)69-21-13-9-14-22-69)80(90)61(43-67)50-88(72-27-19-12-20-28-72)51-63-45-66(83(65,3)4)38-54(2)81(63)91-75-35-33-73-55-29-31-57(39-55)77(73)75/h9-32,37-38,41-46,55-58,73-78,89-90H,33-36,39-40,47-52H2,1-8H3. The Balaban J connectivity index is 0.947. The molecule has 472 valence electrons. The molecule has 0 saturated heterocycles. The van der Waals surface area contributed by atoms with E-state index in [1.807, 2.05) is 0 Å².